The van der Waals surface area contributed by atoms with Gasteiger partial charge in [0.2, 0.25) is 5.91 Å². The summed E-state index contributed by atoms with van der Waals surface area (Å²) in [6, 6.07) is 7.93. The van der Waals surface area contributed by atoms with Crippen molar-refractivity contribution in [2.24, 2.45) is 0 Å². The van der Waals surface area contributed by atoms with Crippen molar-refractivity contribution >= 4 is 17.7 Å². The first-order chi connectivity index (χ1) is 9.52. The van der Waals surface area contributed by atoms with Crippen molar-refractivity contribution in [1.29, 1.82) is 0 Å². The van der Waals surface area contributed by atoms with Crippen LogP contribution >= 0.6 is 11.8 Å². The zero-order chi connectivity index (χ0) is 15.0. The molecule has 3 nitrogen and oxygen atoms in total. The van der Waals surface area contributed by atoms with Gasteiger partial charge in [-0.15, -0.1) is 11.8 Å². The van der Waals surface area contributed by atoms with Gasteiger partial charge >= 0.3 is 0 Å². The fourth-order valence-electron chi connectivity index (χ4n) is 1.75. The van der Waals surface area contributed by atoms with E-state index in [0.29, 0.717) is 5.75 Å². The van der Waals surface area contributed by atoms with Gasteiger partial charge < -0.3 is 10.0 Å². The van der Waals surface area contributed by atoms with Gasteiger partial charge in [-0.05, 0) is 12.5 Å². The fourth-order valence-corrected chi connectivity index (χ4v) is 2.63. The molecule has 6 heteroatoms. The van der Waals surface area contributed by atoms with Crippen molar-refractivity contribution in [1.82, 2.24) is 4.90 Å². The summed E-state index contributed by atoms with van der Waals surface area (Å²) in [7, 11) is 0. The van der Waals surface area contributed by atoms with E-state index in [1.165, 1.54) is 11.8 Å². The number of thioether (sulfide) groups is 1. The standard InChI is InChI=1S/C14H19F2NO2S/c1-11-3-2-4-12(7-11)9-20-10-14(19)17(5-6-18)8-13(15)16/h2-4,7,13,18H,5-6,8-10H2,1H3. The summed E-state index contributed by atoms with van der Waals surface area (Å²) >= 11 is 1.39. The van der Waals surface area contributed by atoms with Gasteiger partial charge in [-0.1, -0.05) is 29.8 Å². The number of carbonyl (C=O) groups excluding carboxylic acids is 1. The molecule has 0 saturated heterocycles. The van der Waals surface area contributed by atoms with Crippen molar-refractivity contribution in [3.63, 3.8) is 0 Å². The minimum Gasteiger partial charge on any atom is -0.395 e. The first-order valence-electron chi connectivity index (χ1n) is 6.33. The maximum absolute atomic E-state index is 12.3. The zero-order valence-electron chi connectivity index (χ0n) is 11.4. The lowest BCUT2D eigenvalue weighted by Crippen LogP contribution is -2.38. The predicted octanol–water partition coefficient (Wildman–Crippen LogP) is 2.31. The number of nitrogens with zero attached hydrogens (tertiary/aromatic N) is 1. The Labute approximate surface area is 122 Å². The van der Waals surface area contributed by atoms with Crippen LogP contribution in [0.3, 0.4) is 0 Å². The average Bonchev–Trinajstić information content (AvgIpc) is 2.37. The van der Waals surface area contributed by atoms with Gasteiger partial charge in [0.25, 0.3) is 6.43 Å². The van der Waals surface area contributed by atoms with Crippen LogP contribution in [0.2, 0.25) is 0 Å². The van der Waals surface area contributed by atoms with Crippen LogP contribution in [0.1, 0.15) is 11.1 Å². The third kappa shape index (κ3) is 6.34. The predicted molar refractivity (Wildman–Crippen MR) is 77.0 cm³/mol. The number of alkyl halides is 2. The average molecular weight is 303 g/mol. The summed E-state index contributed by atoms with van der Waals surface area (Å²) in [5.41, 5.74) is 2.25. The molecule has 112 valence electrons. The fraction of sp³-hybridized carbons (Fsp3) is 0.500. The number of amides is 1. The lowest BCUT2D eigenvalue weighted by molar-refractivity contribution is -0.130. The molecule has 1 rings (SSSR count). The molecule has 0 radical (unpaired) electrons. The lowest BCUT2D eigenvalue weighted by Gasteiger charge is -2.21. The van der Waals surface area contributed by atoms with Crippen LogP contribution in [-0.4, -0.2) is 47.8 Å². The minimum absolute atomic E-state index is 0.0474. The van der Waals surface area contributed by atoms with E-state index < -0.39 is 13.0 Å². The molecule has 0 atom stereocenters. The quantitative estimate of drug-likeness (QED) is 0.801. The van der Waals surface area contributed by atoms with Crippen molar-refractivity contribution in [2.45, 2.75) is 19.1 Å². The molecule has 0 aromatic heterocycles. The Kier molecular flexibility index (Phi) is 7.54. The van der Waals surface area contributed by atoms with Crippen molar-refractivity contribution in [3.05, 3.63) is 35.4 Å². The molecule has 20 heavy (non-hydrogen) atoms. The maximum Gasteiger partial charge on any atom is 0.255 e. The number of aliphatic hydroxyl groups is 1. The monoisotopic (exact) mass is 303 g/mol. The molecule has 0 aliphatic carbocycles. The molecular weight excluding hydrogens is 284 g/mol. The lowest BCUT2D eigenvalue weighted by atomic mass is 10.2. The van der Waals surface area contributed by atoms with E-state index in [4.69, 9.17) is 5.11 Å². The third-order valence-corrected chi connectivity index (χ3v) is 3.65. The highest BCUT2D eigenvalue weighted by atomic mass is 32.2. The molecule has 1 aromatic rings. The summed E-state index contributed by atoms with van der Waals surface area (Å²) in [5.74, 6) is 0.437. The summed E-state index contributed by atoms with van der Waals surface area (Å²) < 4.78 is 24.6. The summed E-state index contributed by atoms with van der Waals surface area (Å²) in [6.07, 6.45) is -2.58. The number of benzene rings is 1. The second-order valence-corrected chi connectivity index (χ2v) is 5.42. The maximum atomic E-state index is 12.3. The highest BCUT2D eigenvalue weighted by molar-refractivity contribution is 7.99. The Morgan fingerprint density at radius 3 is 2.80 bits per heavy atom. The molecule has 0 aliphatic heterocycles. The molecule has 1 amide bonds. The second kappa shape index (κ2) is 8.92. The van der Waals surface area contributed by atoms with E-state index in [1.807, 2.05) is 31.2 Å². The molecule has 0 aliphatic rings. The summed E-state index contributed by atoms with van der Waals surface area (Å²) in [4.78, 5) is 12.8. The molecule has 1 N–H and O–H groups in total. The van der Waals surface area contributed by atoms with E-state index in [1.54, 1.807) is 0 Å². The van der Waals surface area contributed by atoms with E-state index in [2.05, 4.69) is 0 Å². The first kappa shape index (κ1) is 16.9. The normalized spacial score (nSPS) is 10.8. The molecule has 0 unspecified atom stereocenters. The Morgan fingerprint density at radius 1 is 1.45 bits per heavy atom. The van der Waals surface area contributed by atoms with Crippen LogP contribution < -0.4 is 0 Å². The number of aliphatic hydroxyl groups excluding tert-OH is 1. The topological polar surface area (TPSA) is 40.5 Å². The van der Waals surface area contributed by atoms with E-state index in [-0.39, 0.29) is 24.8 Å². The van der Waals surface area contributed by atoms with Crippen LogP contribution in [-0.2, 0) is 10.5 Å². The van der Waals surface area contributed by atoms with Crippen molar-refractivity contribution in [3.8, 4) is 0 Å². The number of halogens is 2. The number of rotatable bonds is 8. The van der Waals surface area contributed by atoms with E-state index in [9.17, 15) is 13.6 Å². The van der Waals surface area contributed by atoms with Gasteiger partial charge in [-0.3, -0.25) is 4.79 Å². The van der Waals surface area contributed by atoms with Gasteiger partial charge in [-0.25, -0.2) is 8.78 Å². The molecular formula is C14H19F2NO2S. The van der Waals surface area contributed by atoms with Gasteiger partial charge in [0.05, 0.1) is 18.9 Å². The smallest absolute Gasteiger partial charge is 0.255 e. The summed E-state index contributed by atoms with van der Waals surface area (Å²) in [5, 5.41) is 8.79. The molecule has 0 saturated carbocycles. The Bertz CT molecular complexity index is 429. The van der Waals surface area contributed by atoms with E-state index >= 15 is 0 Å². The van der Waals surface area contributed by atoms with E-state index in [0.717, 1.165) is 16.0 Å². The zero-order valence-corrected chi connectivity index (χ0v) is 12.2. The molecule has 0 heterocycles. The Balaban J connectivity index is 2.40. The van der Waals surface area contributed by atoms with Crippen molar-refractivity contribution in [2.75, 3.05) is 25.4 Å². The highest BCUT2D eigenvalue weighted by Crippen LogP contribution is 2.14. The first-order valence-corrected chi connectivity index (χ1v) is 7.48. The Morgan fingerprint density at radius 2 is 2.20 bits per heavy atom. The van der Waals surface area contributed by atoms with Gasteiger partial charge in [-0.2, -0.15) is 0 Å². The van der Waals surface area contributed by atoms with Gasteiger partial charge in [0.1, 0.15) is 0 Å². The van der Waals surface area contributed by atoms with Crippen LogP contribution in [0.4, 0.5) is 8.78 Å². The van der Waals surface area contributed by atoms with Crippen LogP contribution in [0, 0.1) is 6.92 Å². The molecule has 0 fully saturated rings. The number of hydrogen-bond acceptors (Lipinski definition) is 3. The third-order valence-electron chi connectivity index (χ3n) is 2.66. The SMILES string of the molecule is Cc1cccc(CSCC(=O)N(CCO)CC(F)F)c1. The Hall–Kier alpha value is -1.14. The molecule has 1 aromatic carbocycles. The summed E-state index contributed by atoms with van der Waals surface area (Å²) in [6.45, 7) is 1.02. The second-order valence-electron chi connectivity index (χ2n) is 4.44. The number of carbonyl (C=O) groups is 1. The van der Waals surface area contributed by atoms with Crippen LogP contribution in [0.5, 0.6) is 0 Å². The molecule has 0 bridgehead atoms. The minimum atomic E-state index is -2.58. The number of aryl methyl sites for hydroxylation is 1. The van der Waals surface area contributed by atoms with Crippen LogP contribution in [0.25, 0.3) is 0 Å². The van der Waals surface area contributed by atoms with Gasteiger partial charge in [0, 0.05) is 12.3 Å². The van der Waals surface area contributed by atoms with Crippen LogP contribution in [0.15, 0.2) is 24.3 Å². The largest absolute Gasteiger partial charge is 0.395 e. The van der Waals surface area contributed by atoms with Crippen molar-refractivity contribution < 1.29 is 18.7 Å². The number of hydrogen-bond donors (Lipinski definition) is 1. The molecule has 0 spiro atoms. The highest BCUT2D eigenvalue weighted by Gasteiger charge is 2.17. The van der Waals surface area contributed by atoms with Gasteiger partial charge in [0.15, 0.2) is 0 Å².